The molecule has 0 saturated carbocycles. The van der Waals surface area contributed by atoms with Gasteiger partial charge in [0, 0.05) is 25.2 Å². The van der Waals surface area contributed by atoms with Gasteiger partial charge in [-0.2, -0.15) is 0 Å². The van der Waals surface area contributed by atoms with Crippen molar-refractivity contribution < 1.29 is 24.5 Å². The summed E-state index contributed by atoms with van der Waals surface area (Å²) in [6.07, 6.45) is -0.493. The van der Waals surface area contributed by atoms with Crippen molar-refractivity contribution in [1.29, 1.82) is 0 Å². The molecular weight excluding hydrogens is 372 g/mol. The van der Waals surface area contributed by atoms with E-state index in [4.69, 9.17) is 4.74 Å². The summed E-state index contributed by atoms with van der Waals surface area (Å²) in [5.74, 6) is 0.284. The van der Waals surface area contributed by atoms with E-state index in [2.05, 4.69) is 0 Å². The lowest BCUT2D eigenvalue weighted by molar-refractivity contribution is 0.0772. The Kier molecular flexibility index (Phi) is 5.96. The van der Waals surface area contributed by atoms with E-state index in [1.54, 1.807) is 41.3 Å². The van der Waals surface area contributed by atoms with Gasteiger partial charge < -0.3 is 19.8 Å². The third kappa shape index (κ3) is 3.85. The lowest BCUT2D eigenvalue weighted by Gasteiger charge is -2.36. The molecule has 0 saturated heterocycles. The molecule has 2 aromatic rings. The largest absolute Gasteiger partial charge is 0.504 e. The standard InChI is InChI=1S/C22H26N2O5/c1-4-23(5-2)21(26)15-8-6-14(7-9-15)20-17-13-18(25)19(29-3)12-16(17)10-11-24(20)22(27)28/h6-9,12-13,20,25H,4-5,10-11H2,1-3H3,(H,27,28). The van der Waals surface area contributed by atoms with Crippen LogP contribution in [-0.2, 0) is 6.42 Å². The number of hydrogen-bond acceptors (Lipinski definition) is 4. The maximum Gasteiger partial charge on any atom is 0.408 e. The molecule has 7 heteroatoms. The van der Waals surface area contributed by atoms with Gasteiger partial charge in [-0.15, -0.1) is 0 Å². The van der Waals surface area contributed by atoms with Crippen molar-refractivity contribution in [2.75, 3.05) is 26.7 Å². The minimum absolute atomic E-state index is 0.0307. The van der Waals surface area contributed by atoms with Crippen LogP contribution in [0.3, 0.4) is 0 Å². The van der Waals surface area contributed by atoms with Gasteiger partial charge in [0.05, 0.1) is 13.2 Å². The molecule has 7 nitrogen and oxygen atoms in total. The Morgan fingerprint density at radius 1 is 1.17 bits per heavy atom. The van der Waals surface area contributed by atoms with Crippen molar-refractivity contribution in [1.82, 2.24) is 9.80 Å². The van der Waals surface area contributed by atoms with E-state index in [1.807, 2.05) is 13.8 Å². The lowest BCUT2D eigenvalue weighted by atomic mass is 9.87. The Bertz CT molecular complexity index is 906. The van der Waals surface area contributed by atoms with Gasteiger partial charge in [0.15, 0.2) is 11.5 Å². The van der Waals surface area contributed by atoms with Crippen LogP contribution >= 0.6 is 0 Å². The van der Waals surface area contributed by atoms with E-state index < -0.39 is 12.1 Å². The highest BCUT2D eigenvalue weighted by atomic mass is 16.5. The Morgan fingerprint density at radius 3 is 2.38 bits per heavy atom. The van der Waals surface area contributed by atoms with Gasteiger partial charge in [-0.05, 0) is 61.2 Å². The molecule has 1 unspecified atom stereocenters. The number of nitrogens with zero attached hydrogens (tertiary/aromatic N) is 2. The summed E-state index contributed by atoms with van der Waals surface area (Å²) in [7, 11) is 1.48. The molecule has 1 aliphatic heterocycles. The monoisotopic (exact) mass is 398 g/mol. The minimum Gasteiger partial charge on any atom is -0.504 e. The molecule has 1 aliphatic rings. The van der Waals surface area contributed by atoms with Crippen LogP contribution in [0.5, 0.6) is 11.5 Å². The number of methoxy groups -OCH3 is 1. The molecule has 0 aliphatic carbocycles. The van der Waals surface area contributed by atoms with Crippen LogP contribution in [0.25, 0.3) is 0 Å². The molecule has 0 fully saturated rings. The molecule has 3 rings (SSSR count). The van der Waals surface area contributed by atoms with Crippen molar-refractivity contribution in [2.24, 2.45) is 0 Å². The summed E-state index contributed by atoms with van der Waals surface area (Å²) in [6.45, 7) is 5.45. The Hall–Kier alpha value is -3.22. The zero-order chi connectivity index (χ0) is 21.1. The number of ether oxygens (including phenoxy) is 1. The van der Waals surface area contributed by atoms with Crippen molar-refractivity contribution in [2.45, 2.75) is 26.3 Å². The number of hydrogen-bond donors (Lipinski definition) is 2. The fraction of sp³-hybridized carbons (Fsp3) is 0.364. The van der Waals surface area contributed by atoms with Gasteiger partial charge in [-0.3, -0.25) is 9.69 Å². The second-order valence-electron chi connectivity index (χ2n) is 6.95. The summed E-state index contributed by atoms with van der Waals surface area (Å²) in [6, 6.07) is 9.80. The first-order valence-electron chi connectivity index (χ1n) is 9.69. The summed E-state index contributed by atoms with van der Waals surface area (Å²) in [4.78, 5) is 27.5. The van der Waals surface area contributed by atoms with Gasteiger partial charge in [0.2, 0.25) is 0 Å². The molecule has 2 N–H and O–H groups in total. The van der Waals surface area contributed by atoms with Crippen molar-refractivity contribution in [3.8, 4) is 11.5 Å². The number of phenols is 1. The van der Waals surface area contributed by atoms with Gasteiger partial charge in [-0.1, -0.05) is 12.1 Å². The van der Waals surface area contributed by atoms with Crippen LogP contribution in [0.15, 0.2) is 36.4 Å². The van der Waals surface area contributed by atoms with Crippen molar-refractivity contribution in [3.05, 3.63) is 58.7 Å². The molecule has 0 bridgehead atoms. The van der Waals surface area contributed by atoms with E-state index in [1.165, 1.54) is 12.0 Å². The lowest BCUT2D eigenvalue weighted by Crippen LogP contribution is -2.39. The topological polar surface area (TPSA) is 90.3 Å². The predicted octanol–water partition coefficient (Wildman–Crippen LogP) is 3.51. The van der Waals surface area contributed by atoms with E-state index in [0.29, 0.717) is 37.4 Å². The van der Waals surface area contributed by atoms with Crippen LogP contribution in [-0.4, -0.2) is 58.8 Å². The average Bonchev–Trinajstić information content (AvgIpc) is 2.73. The van der Waals surface area contributed by atoms with Crippen molar-refractivity contribution >= 4 is 12.0 Å². The first-order chi connectivity index (χ1) is 13.9. The highest BCUT2D eigenvalue weighted by Crippen LogP contribution is 2.40. The van der Waals surface area contributed by atoms with E-state index >= 15 is 0 Å². The molecule has 0 spiro atoms. The summed E-state index contributed by atoms with van der Waals surface area (Å²) in [5.41, 5.74) is 2.96. The quantitative estimate of drug-likeness (QED) is 0.804. The molecule has 0 aromatic heterocycles. The van der Waals surface area contributed by atoms with Crippen LogP contribution < -0.4 is 4.74 Å². The summed E-state index contributed by atoms with van der Waals surface area (Å²) in [5, 5.41) is 20.0. The minimum atomic E-state index is -1.03. The Balaban J connectivity index is 2.02. The summed E-state index contributed by atoms with van der Waals surface area (Å²) >= 11 is 0. The fourth-order valence-electron chi connectivity index (χ4n) is 3.87. The van der Waals surface area contributed by atoms with Gasteiger partial charge in [0.1, 0.15) is 0 Å². The normalized spacial score (nSPS) is 15.6. The average molecular weight is 398 g/mol. The Labute approximate surface area is 170 Å². The molecule has 1 atom stereocenters. The molecule has 0 radical (unpaired) electrons. The number of aromatic hydroxyl groups is 1. The number of rotatable bonds is 5. The molecule has 1 heterocycles. The highest BCUT2D eigenvalue weighted by Gasteiger charge is 2.33. The number of carbonyl (C=O) groups is 2. The number of amides is 2. The first-order valence-corrected chi connectivity index (χ1v) is 9.69. The van der Waals surface area contributed by atoms with E-state index in [-0.39, 0.29) is 11.7 Å². The maximum atomic E-state index is 12.6. The molecule has 2 aromatic carbocycles. The number of fused-ring (bicyclic) bond motifs is 1. The molecule has 29 heavy (non-hydrogen) atoms. The predicted molar refractivity (Wildman–Crippen MR) is 109 cm³/mol. The third-order valence-electron chi connectivity index (χ3n) is 5.44. The van der Waals surface area contributed by atoms with E-state index in [0.717, 1.165) is 16.7 Å². The number of phenolic OH excluding ortho intramolecular Hbond substituents is 1. The van der Waals surface area contributed by atoms with Gasteiger partial charge in [0.25, 0.3) is 5.91 Å². The molecule has 2 amide bonds. The fourth-order valence-corrected chi connectivity index (χ4v) is 3.87. The smallest absolute Gasteiger partial charge is 0.408 e. The zero-order valence-corrected chi connectivity index (χ0v) is 16.9. The number of carbonyl (C=O) groups excluding carboxylic acids is 1. The highest BCUT2D eigenvalue weighted by molar-refractivity contribution is 5.94. The van der Waals surface area contributed by atoms with Crippen LogP contribution in [0.1, 0.15) is 46.9 Å². The number of benzene rings is 2. The van der Waals surface area contributed by atoms with Crippen LogP contribution in [0, 0.1) is 0 Å². The van der Waals surface area contributed by atoms with E-state index in [9.17, 15) is 19.8 Å². The molecule has 154 valence electrons. The van der Waals surface area contributed by atoms with Crippen LogP contribution in [0.4, 0.5) is 4.79 Å². The second-order valence-corrected chi connectivity index (χ2v) is 6.95. The first kappa shape index (κ1) is 20.5. The van der Waals surface area contributed by atoms with Gasteiger partial charge in [-0.25, -0.2) is 4.79 Å². The van der Waals surface area contributed by atoms with Crippen molar-refractivity contribution in [3.63, 3.8) is 0 Å². The maximum absolute atomic E-state index is 12.6. The SMILES string of the molecule is CCN(CC)C(=O)c1ccc(C2c3cc(O)c(OC)cc3CCN2C(=O)O)cc1. The Morgan fingerprint density at radius 2 is 1.83 bits per heavy atom. The third-order valence-corrected chi connectivity index (χ3v) is 5.44. The van der Waals surface area contributed by atoms with Crippen LogP contribution in [0.2, 0.25) is 0 Å². The summed E-state index contributed by atoms with van der Waals surface area (Å²) < 4.78 is 5.19. The molecular formula is C22H26N2O5. The van der Waals surface area contributed by atoms with Gasteiger partial charge >= 0.3 is 6.09 Å². The zero-order valence-electron chi connectivity index (χ0n) is 16.9. The number of carboxylic acid groups (broad SMARTS) is 1. The second kappa shape index (κ2) is 8.43.